The topological polar surface area (TPSA) is 58.2 Å². The molecule has 37 heavy (non-hydrogen) atoms. The molecule has 0 fully saturated rings. The third kappa shape index (κ3) is 8.98. The lowest BCUT2D eigenvalue weighted by Crippen LogP contribution is -2.46. The molecule has 1 unspecified atom stereocenters. The van der Waals surface area contributed by atoms with Gasteiger partial charge in [0, 0.05) is 12.5 Å². The van der Waals surface area contributed by atoms with Crippen molar-refractivity contribution in [1.82, 2.24) is 10.6 Å². The lowest BCUT2D eigenvalue weighted by molar-refractivity contribution is -0.154. The molecule has 0 aliphatic heterocycles. The lowest BCUT2D eigenvalue weighted by Gasteiger charge is -2.22. The van der Waals surface area contributed by atoms with Crippen LogP contribution >= 0.6 is 46.4 Å². The fourth-order valence-corrected chi connectivity index (χ4v) is 4.04. The Kier molecular flexibility index (Phi) is 10.2. The number of rotatable bonds is 8. The minimum absolute atomic E-state index is 0.0513. The summed E-state index contributed by atoms with van der Waals surface area (Å²) in [6.07, 6.45) is -7.02. The third-order valence-corrected chi connectivity index (χ3v) is 6.31. The van der Waals surface area contributed by atoms with E-state index < -0.39 is 48.2 Å². The largest absolute Gasteiger partial charge is 0.397 e. The van der Waals surface area contributed by atoms with Crippen LogP contribution in [0, 0.1) is 0 Å². The predicted molar refractivity (Wildman–Crippen MR) is 131 cm³/mol. The van der Waals surface area contributed by atoms with Gasteiger partial charge >= 0.3 is 6.18 Å². The van der Waals surface area contributed by atoms with Crippen LogP contribution in [-0.2, 0) is 4.79 Å². The van der Waals surface area contributed by atoms with E-state index in [0.717, 1.165) is 30.3 Å². The van der Waals surface area contributed by atoms with Crippen molar-refractivity contribution in [2.24, 2.45) is 0 Å². The highest BCUT2D eigenvalue weighted by molar-refractivity contribution is 6.48. The second-order valence-electron chi connectivity index (χ2n) is 8.00. The van der Waals surface area contributed by atoms with Crippen LogP contribution < -0.4 is 10.6 Å². The van der Waals surface area contributed by atoms with Gasteiger partial charge < -0.3 is 10.6 Å². The van der Waals surface area contributed by atoms with Gasteiger partial charge in [0.15, 0.2) is 0 Å². The van der Waals surface area contributed by atoms with Gasteiger partial charge in [0.2, 0.25) is 5.91 Å². The van der Waals surface area contributed by atoms with Crippen LogP contribution in [0.2, 0.25) is 20.1 Å². The fraction of sp³-hybridized carbons (Fsp3) is 0.304. The molecular formula is C23H18Cl4F6N2O2. The molecule has 0 aromatic heterocycles. The van der Waals surface area contributed by atoms with Crippen LogP contribution in [0.1, 0.15) is 47.7 Å². The first-order valence-corrected chi connectivity index (χ1v) is 11.8. The summed E-state index contributed by atoms with van der Waals surface area (Å²) >= 11 is 23.8. The van der Waals surface area contributed by atoms with Crippen molar-refractivity contribution in [1.29, 1.82) is 0 Å². The van der Waals surface area contributed by atoms with Crippen LogP contribution in [0.25, 0.3) is 5.83 Å². The highest BCUT2D eigenvalue weighted by atomic mass is 35.5. The fourth-order valence-electron chi connectivity index (χ4n) is 3.17. The number of nitrogens with one attached hydrogen (secondary N) is 2. The van der Waals surface area contributed by atoms with E-state index >= 15 is 4.39 Å². The maximum Gasteiger partial charge on any atom is 0.397 e. The summed E-state index contributed by atoms with van der Waals surface area (Å²) in [5, 5.41) is 3.63. The maximum atomic E-state index is 15.0. The number of benzene rings is 2. The Balaban J connectivity index is 2.26. The zero-order chi connectivity index (χ0) is 28.3. The molecule has 4 nitrogen and oxygen atoms in total. The van der Waals surface area contributed by atoms with Crippen LogP contribution in [0.4, 0.5) is 26.3 Å². The minimum Gasteiger partial charge on any atom is -0.336 e. The number of amides is 2. The normalized spacial score (nSPS) is 14.2. The third-order valence-electron chi connectivity index (χ3n) is 4.80. The first-order valence-electron chi connectivity index (χ1n) is 10.3. The highest BCUT2D eigenvalue weighted by Gasteiger charge is 2.35. The molecule has 14 heteroatoms. The Morgan fingerprint density at radius 3 is 2.00 bits per heavy atom. The van der Waals surface area contributed by atoms with Crippen molar-refractivity contribution in [2.75, 3.05) is 0 Å². The quantitative estimate of drug-likeness (QED) is 0.180. The van der Waals surface area contributed by atoms with E-state index in [0.29, 0.717) is 13.0 Å². The van der Waals surface area contributed by atoms with E-state index in [4.69, 9.17) is 46.4 Å². The smallest absolute Gasteiger partial charge is 0.336 e. The van der Waals surface area contributed by atoms with Crippen LogP contribution in [-0.4, -0.2) is 30.1 Å². The molecule has 202 valence electrons. The molecule has 0 aliphatic rings. The first-order chi connectivity index (χ1) is 16.9. The molecule has 0 heterocycles. The van der Waals surface area contributed by atoms with Crippen molar-refractivity contribution in [3.63, 3.8) is 0 Å². The van der Waals surface area contributed by atoms with E-state index in [1.807, 2.05) is 5.32 Å². The lowest BCUT2D eigenvalue weighted by atomic mass is 9.92. The Labute approximate surface area is 227 Å². The van der Waals surface area contributed by atoms with Crippen LogP contribution in [0.3, 0.4) is 0 Å². The molecule has 0 saturated carbocycles. The standard InChI is InChI=1S/C23H18Cl4F6N2O2/c1-10(34-19(36)9-23(31,32)33)35-21(37)13-4-3-11(5-15(13)24)18(28)8-14(22(2,29)30)12-6-16(25)20(27)17(26)7-12/h3-8,10,14H,9H2,1-2H3,(H,34,36)(H,35,37)/b18-8-/t10-,14?/m1/s1. The molecular weight excluding hydrogens is 592 g/mol. The summed E-state index contributed by atoms with van der Waals surface area (Å²) in [4.78, 5) is 23.8. The molecule has 0 bridgehead atoms. The predicted octanol–water partition coefficient (Wildman–Crippen LogP) is 8.19. The van der Waals surface area contributed by atoms with Gasteiger partial charge in [-0.25, -0.2) is 13.2 Å². The number of hydrogen-bond acceptors (Lipinski definition) is 2. The molecule has 0 spiro atoms. The Morgan fingerprint density at radius 2 is 1.51 bits per heavy atom. The Bertz CT molecular complexity index is 1190. The second kappa shape index (κ2) is 12.1. The van der Waals surface area contributed by atoms with Crippen molar-refractivity contribution < 1.29 is 35.9 Å². The van der Waals surface area contributed by atoms with Gasteiger partial charge in [0.25, 0.3) is 11.8 Å². The SMILES string of the molecule is C[C@H](NC(=O)CC(F)(F)F)NC(=O)c1ccc(/C(F)=C/C(c2cc(Cl)c(Cl)c(Cl)c2)C(C)(F)F)cc1Cl. The molecule has 2 amide bonds. The van der Waals surface area contributed by atoms with Crippen molar-refractivity contribution in [3.05, 3.63) is 73.2 Å². The minimum atomic E-state index is -4.72. The van der Waals surface area contributed by atoms with E-state index in [9.17, 15) is 31.5 Å². The summed E-state index contributed by atoms with van der Waals surface area (Å²) in [6.45, 7) is 1.80. The number of halogens is 10. The highest BCUT2D eigenvalue weighted by Crippen LogP contribution is 2.41. The number of carbonyl (C=O) groups excluding carboxylic acids is 2. The summed E-state index contributed by atoms with van der Waals surface area (Å²) in [7, 11) is 0. The molecule has 0 radical (unpaired) electrons. The van der Waals surface area contributed by atoms with Crippen molar-refractivity contribution in [3.8, 4) is 0 Å². The van der Waals surface area contributed by atoms with E-state index in [2.05, 4.69) is 5.32 Å². The average Bonchev–Trinajstić information content (AvgIpc) is 2.72. The summed E-state index contributed by atoms with van der Waals surface area (Å²) in [5.41, 5.74) is -0.553. The second-order valence-corrected chi connectivity index (χ2v) is 9.60. The summed E-state index contributed by atoms with van der Waals surface area (Å²) in [6, 6.07) is 5.45. The molecule has 2 aromatic carbocycles. The van der Waals surface area contributed by atoms with Gasteiger partial charge in [-0.15, -0.1) is 0 Å². The molecule has 2 N–H and O–H groups in total. The van der Waals surface area contributed by atoms with E-state index in [1.54, 1.807) is 0 Å². The summed E-state index contributed by atoms with van der Waals surface area (Å²) in [5.74, 6) is -8.60. The molecule has 2 atom stereocenters. The number of hydrogen-bond donors (Lipinski definition) is 2. The van der Waals surface area contributed by atoms with Crippen molar-refractivity contribution in [2.45, 2.75) is 44.5 Å². The van der Waals surface area contributed by atoms with Crippen molar-refractivity contribution >= 4 is 64.0 Å². The van der Waals surface area contributed by atoms with Gasteiger partial charge in [-0.05, 0) is 42.8 Å². The van der Waals surface area contributed by atoms with E-state index in [-0.39, 0.29) is 36.8 Å². The molecule has 0 aliphatic carbocycles. The first kappa shape index (κ1) is 31.1. The van der Waals surface area contributed by atoms with Gasteiger partial charge in [0.1, 0.15) is 12.2 Å². The Morgan fingerprint density at radius 1 is 0.946 bits per heavy atom. The van der Waals surface area contributed by atoms with Gasteiger partial charge in [-0.2, -0.15) is 13.2 Å². The van der Waals surface area contributed by atoms with Gasteiger partial charge in [-0.1, -0.05) is 52.5 Å². The molecule has 2 rings (SSSR count). The zero-order valence-electron chi connectivity index (χ0n) is 18.9. The molecule has 2 aromatic rings. The zero-order valence-corrected chi connectivity index (χ0v) is 21.9. The van der Waals surface area contributed by atoms with E-state index in [1.165, 1.54) is 6.92 Å². The molecule has 0 saturated heterocycles. The van der Waals surface area contributed by atoms with Crippen LogP contribution in [0.15, 0.2) is 36.4 Å². The number of carbonyl (C=O) groups is 2. The number of allylic oxidation sites excluding steroid dienone is 1. The van der Waals surface area contributed by atoms with Gasteiger partial charge in [0.05, 0.1) is 37.7 Å². The monoisotopic (exact) mass is 608 g/mol. The Hall–Kier alpha value is -2.14. The summed E-state index contributed by atoms with van der Waals surface area (Å²) < 4.78 is 80.6. The average molecular weight is 610 g/mol. The maximum absolute atomic E-state index is 15.0. The number of alkyl halides is 5. The van der Waals surface area contributed by atoms with Crippen LogP contribution in [0.5, 0.6) is 0 Å². The van der Waals surface area contributed by atoms with Gasteiger partial charge in [-0.3, -0.25) is 9.59 Å².